The van der Waals surface area contributed by atoms with E-state index in [9.17, 15) is 8.42 Å². The summed E-state index contributed by atoms with van der Waals surface area (Å²) in [5.41, 5.74) is 6.71. The van der Waals surface area contributed by atoms with Gasteiger partial charge < -0.3 is 5.73 Å². The van der Waals surface area contributed by atoms with E-state index in [1.165, 1.54) is 29.8 Å². The minimum Gasteiger partial charge on any atom is -0.398 e. The van der Waals surface area contributed by atoms with Crippen molar-refractivity contribution in [2.75, 3.05) is 5.73 Å². The van der Waals surface area contributed by atoms with Crippen LogP contribution in [0.1, 0.15) is 5.56 Å². The summed E-state index contributed by atoms with van der Waals surface area (Å²) in [6.07, 6.45) is 2.69. The summed E-state index contributed by atoms with van der Waals surface area (Å²) in [5, 5.41) is 3.77. The van der Waals surface area contributed by atoms with E-state index in [0.717, 1.165) is 5.56 Å². The average Bonchev–Trinajstić information content (AvgIpc) is 2.80. The van der Waals surface area contributed by atoms with Crippen LogP contribution in [0.15, 0.2) is 40.2 Å². The molecule has 2 aromatic heterocycles. The molecule has 17 heavy (non-hydrogen) atoms. The van der Waals surface area contributed by atoms with Gasteiger partial charge in [-0.1, -0.05) is 0 Å². The van der Waals surface area contributed by atoms with E-state index < -0.39 is 10.0 Å². The lowest BCUT2D eigenvalue weighted by atomic mass is 10.4. The molecular weight excluding hydrogens is 258 g/mol. The molecule has 0 fully saturated rings. The fraction of sp³-hybridized carbons (Fsp3) is 0.100. The highest BCUT2D eigenvalue weighted by molar-refractivity contribution is 7.89. The second kappa shape index (κ2) is 4.82. The second-order valence-electron chi connectivity index (χ2n) is 3.37. The molecule has 90 valence electrons. The highest BCUT2D eigenvalue weighted by Gasteiger charge is 2.16. The lowest BCUT2D eigenvalue weighted by molar-refractivity contribution is 0.581. The number of sulfonamides is 1. The smallest absolute Gasteiger partial charge is 0.244 e. The van der Waals surface area contributed by atoms with Gasteiger partial charge in [0.2, 0.25) is 10.0 Å². The molecule has 0 spiro atoms. The lowest BCUT2D eigenvalue weighted by Crippen LogP contribution is -2.24. The Morgan fingerprint density at radius 2 is 2.24 bits per heavy atom. The molecule has 0 radical (unpaired) electrons. The number of pyridine rings is 1. The first kappa shape index (κ1) is 12.0. The first-order valence-corrected chi connectivity index (χ1v) is 7.22. The Hall–Kier alpha value is -1.44. The van der Waals surface area contributed by atoms with Gasteiger partial charge in [0.1, 0.15) is 4.90 Å². The number of nitrogen functional groups attached to an aromatic ring is 1. The molecule has 5 nitrogen and oxygen atoms in total. The molecule has 2 aromatic rings. The summed E-state index contributed by atoms with van der Waals surface area (Å²) in [4.78, 5) is 3.77. The predicted molar refractivity (Wildman–Crippen MR) is 67.0 cm³/mol. The fourth-order valence-electron chi connectivity index (χ4n) is 1.26. The first-order valence-electron chi connectivity index (χ1n) is 4.80. The van der Waals surface area contributed by atoms with Crippen molar-refractivity contribution in [3.63, 3.8) is 0 Å². The molecule has 7 heteroatoms. The highest BCUT2D eigenvalue weighted by Crippen LogP contribution is 2.16. The Balaban J connectivity index is 2.17. The Morgan fingerprint density at radius 1 is 1.41 bits per heavy atom. The molecule has 2 heterocycles. The summed E-state index contributed by atoms with van der Waals surface area (Å²) < 4.78 is 26.3. The summed E-state index contributed by atoms with van der Waals surface area (Å²) in [6.45, 7) is 0.250. The number of anilines is 1. The van der Waals surface area contributed by atoms with Crippen LogP contribution in [0, 0.1) is 0 Å². The number of nitrogens with one attached hydrogen (secondary N) is 1. The molecule has 0 bridgehead atoms. The third kappa shape index (κ3) is 2.82. The maximum Gasteiger partial charge on any atom is 0.244 e. The zero-order valence-electron chi connectivity index (χ0n) is 8.83. The van der Waals surface area contributed by atoms with E-state index in [0.29, 0.717) is 0 Å². The average molecular weight is 269 g/mol. The second-order valence-corrected chi connectivity index (χ2v) is 5.89. The van der Waals surface area contributed by atoms with Crippen molar-refractivity contribution in [2.24, 2.45) is 0 Å². The van der Waals surface area contributed by atoms with Gasteiger partial charge in [-0.05, 0) is 28.5 Å². The zero-order valence-corrected chi connectivity index (χ0v) is 10.5. The van der Waals surface area contributed by atoms with Gasteiger partial charge in [0.25, 0.3) is 0 Å². The van der Waals surface area contributed by atoms with Crippen LogP contribution in [-0.2, 0) is 16.6 Å². The Morgan fingerprint density at radius 3 is 2.88 bits per heavy atom. The van der Waals surface area contributed by atoms with Crippen LogP contribution < -0.4 is 10.5 Å². The van der Waals surface area contributed by atoms with E-state index in [2.05, 4.69) is 9.71 Å². The van der Waals surface area contributed by atoms with Crippen molar-refractivity contribution < 1.29 is 8.42 Å². The van der Waals surface area contributed by atoms with E-state index in [4.69, 9.17) is 5.73 Å². The first-order chi connectivity index (χ1) is 8.09. The van der Waals surface area contributed by atoms with E-state index in [-0.39, 0.29) is 17.1 Å². The van der Waals surface area contributed by atoms with E-state index >= 15 is 0 Å². The van der Waals surface area contributed by atoms with Crippen LogP contribution in [-0.4, -0.2) is 13.4 Å². The number of hydrogen-bond acceptors (Lipinski definition) is 5. The van der Waals surface area contributed by atoms with Gasteiger partial charge in [-0.3, -0.25) is 4.98 Å². The van der Waals surface area contributed by atoms with Crippen molar-refractivity contribution in [2.45, 2.75) is 11.4 Å². The van der Waals surface area contributed by atoms with Crippen molar-refractivity contribution in [3.05, 3.63) is 40.8 Å². The van der Waals surface area contributed by atoms with E-state index in [1.54, 1.807) is 0 Å². The largest absolute Gasteiger partial charge is 0.398 e. The van der Waals surface area contributed by atoms with Crippen molar-refractivity contribution in [1.29, 1.82) is 0 Å². The molecule has 0 amide bonds. The summed E-state index contributed by atoms with van der Waals surface area (Å²) in [7, 11) is -3.60. The molecule has 0 aliphatic carbocycles. The standard InChI is InChI=1S/C10H11N3O2S2/c11-9-1-3-12-6-10(9)17(14,15)13-5-8-2-4-16-7-8/h1-4,6-7,13H,5H2,(H2,11,12). The molecule has 0 aliphatic heterocycles. The molecule has 2 rings (SSSR count). The number of aromatic nitrogens is 1. The van der Waals surface area contributed by atoms with Crippen LogP contribution in [0.4, 0.5) is 5.69 Å². The number of nitrogens with zero attached hydrogens (tertiary/aromatic N) is 1. The zero-order chi connectivity index (χ0) is 12.3. The van der Waals surface area contributed by atoms with Gasteiger partial charge in [0.15, 0.2) is 0 Å². The third-order valence-electron chi connectivity index (χ3n) is 2.15. The summed E-state index contributed by atoms with van der Waals surface area (Å²) in [5.74, 6) is 0. The molecular formula is C10H11N3O2S2. The molecule has 0 aromatic carbocycles. The van der Waals surface area contributed by atoms with Gasteiger partial charge in [-0.2, -0.15) is 11.3 Å². The third-order valence-corrected chi connectivity index (χ3v) is 4.33. The molecule has 0 saturated heterocycles. The summed E-state index contributed by atoms with van der Waals surface area (Å²) >= 11 is 1.52. The quantitative estimate of drug-likeness (QED) is 0.873. The van der Waals surface area contributed by atoms with Crippen LogP contribution in [0.5, 0.6) is 0 Å². The van der Waals surface area contributed by atoms with Gasteiger partial charge in [0.05, 0.1) is 5.69 Å². The minimum atomic E-state index is -3.60. The molecule has 0 aliphatic rings. The maximum absolute atomic E-state index is 11.9. The lowest BCUT2D eigenvalue weighted by Gasteiger charge is -2.07. The van der Waals surface area contributed by atoms with Gasteiger partial charge in [0, 0.05) is 18.9 Å². The van der Waals surface area contributed by atoms with Crippen molar-refractivity contribution in [3.8, 4) is 0 Å². The summed E-state index contributed by atoms with van der Waals surface area (Å²) in [6, 6.07) is 3.32. The van der Waals surface area contributed by atoms with Crippen LogP contribution in [0.2, 0.25) is 0 Å². The molecule has 0 atom stereocenters. The minimum absolute atomic E-state index is 0.00947. The number of thiophene rings is 1. The fourth-order valence-corrected chi connectivity index (χ4v) is 3.02. The predicted octanol–water partition coefficient (Wildman–Crippen LogP) is 1.20. The number of hydrogen-bond donors (Lipinski definition) is 2. The van der Waals surface area contributed by atoms with Crippen LogP contribution >= 0.6 is 11.3 Å². The van der Waals surface area contributed by atoms with E-state index in [1.807, 2.05) is 16.8 Å². The van der Waals surface area contributed by atoms with Crippen molar-refractivity contribution >= 4 is 27.0 Å². The van der Waals surface area contributed by atoms with Gasteiger partial charge in [-0.15, -0.1) is 0 Å². The highest BCUT2D eigenvalue weighted by atomic mass is 32.2. The van der Waals surface area contributed by atoms with Gasteiger partial charge in [-0.25, -0.2) is 13.1 Å². The van der Waals surface area contributed by atoms with Gasteiger partial charge >= 0.3 is 0 Å². The van der Waals surface area contributed by atoms with Crippen LogP contribution in [0.25, 0.3) is 0 Å². The van der Waals surface area contributed by atoms with Crippen molar-refractivity contribution in [1.82, 2.24) is 9.71 Å². The van der Waals surface area contributed by atoms with Crippen LogP contribution in [0.3, 0.4) is 0 Å². The monoisotopic (exact) mass is 269 g/mol. The Kier molecular flexibility index (Phi) is 3.41. The SMILES string of the molecule is Nc1ccncc1S(=O)(=O)NCc1ccsc1. The molecule has 0 unspecified atom stereocenters. The molecule has 3 N–H and O–H groups in total. The Labute approximate surface area is 103 Å². The Bertz CT molecular complexity index is 594. The topological polar surface area (TPSA) is 85.1 Å². The normalized spacial score (nSPS) is 11.5. The number of nitrogens with two attached hydrogens (primary N) is 1. The number of rotatable bonds is 4. The molecule has 0 saturated carbocycles. The maximum atomic E-state index is 11.9.